The van der Waals surface area contributed by atoms with E-state index in [9.17, 15) is 9.59 Å². The van der Waals surface area contributed by atoms with Crippen molar-refractivity contribution in [2.75, 3.05) is 12.8 Å². The SMILES string of the molecule is CC(C)(C)[Si](C)(C)OC[C@H]1O[C@@H](n2ccc(=O)[nH]c2=O)[C@H](O[Si](C)(C)C(C)(C)C)C12CP(c1ccccc1)(c1ccccc1)(c1ccccc1)O2. The molecule has 2 saturated heterocycles. The quantitative estimate of drug-likeness (QED) is 0.146. The van der Waals surface area contributed by atoms with Crippen LogP contribution in [0.5, 0.6) is 0 Å². The van der Waals surface area contributed by atoms with Gasteiger partial charge in [0.15, 0.2) is 0 Å². The molecule has 2 aliphatic rings. The molecule has 51 heavy (non-hydrogen) atoms. The van der Waals surface area contributed by atoms with E-state index in [1.807, 2.05) is 18.2 Å². The fourth-order valence-electron chi connectivity index (χ4n) is 7.20. The number of benzene rings is 3. The minimum atomic E-state index is -3.70. The Morgan fingerprint density at radius 3 is 1.63 bits per heavy atom. The Morgan fingerprint density at radius 2 is 1.22 bits per heavy atom. The predicted octanol–water partition coefficient (Wildman–Crippen LogP) is 7.06. The van der Waals surface area contributed by atoms with Crippen molar-refractivity contribution in [3.05, 3.63) is 124 Å². The fraction of sp³-hybridized carbons (Fsp3) is 0.450. The van der Waals surface area contributed by atoms with Gasteiger partial charge in [-0.1, -0.05) is 0 Å². The normalized spacial score (nSPS) is 25.5. The third-order valence-corrected chi connectivity index (χ3v) is 27.1. The van der Waals surface area contributed by atoms with E-state index >= 15 is 0 Å². The summed E-state index contributed by atoms with van der Waals surface area (Å²) in [6.07, 6.45) is -0.0574. The second-order valence-corrected chi connectivity index (χ2v) is 31.4. The molecular formula is C40H55N2O6PSi2. The number of H-pyrrole nitrogens is 1. The molecule has 1 spiro atoms. The van der Waals surface area contributed by atoms with Crippen LogP contribution in [0, 0.1) is 0 Å². The molecule has 274 valence electrons. The van der Waals surface area contributed by atoms with E-state index in [-0.39, 0.29) is 16.7 Å². The van der Waals surface area contributed by atoms with Gasteiger partial charge in [0.05, 0.1) is 0 Å². The van der Waals surface area contributed by atoms with Crippen LogP contribution in [0.4, 0.5) is 0 Å². The number of ether oxygens (including phenoxy) is 1. The van der Waals surface area contributed by atoms with Gasteiger partial charge in [0, 0.05) is 0 Å². The van der Waals surface area contributed by atoms with E-state index < -0.39 is 58.8 Å². The molecule has 4 aromatic rings. The van der Waals surface area contributed by atoms with Crippen LogP contribution in [0.25, 0.3) is 0 Å². The second-order valence-electron chi connectivity index (χ2n) is 17.3. The Kier molecular flexibility index (Phi) is 9.53. The number of hydrogen-bond donors (Lipinski definition) is 1. The zero-order valence-corrected chi connectivity index (χ0v) is 34.7. The molecule has 3 heterocycles. The van der Waals surface area contributed by atoms with E-state index in [1.165, 1.54) is 16.8 Å². The van der Waals surface area contributed by atoms with Crippen molar-refractivity contribution in [1.82, 2.24) is 9.55 Å². The number of nitrogens with one attached hydrogen (secondary N) is 1. The maximum atomic E-state index is 13.6. The summed E-state index contributed by atoms with van der Waals surface area (Å²) in [5.41, 5.74) is -2.04. The molecule has 0 aliphatic carbocycles. The average molecular weight is 747 g/mol. The third kappa shape index (κ3) is 6.10. The first-order valence-electron chi connectivity index (χ1n) is 18.0. The first-order chi connectivity index (χ1) is 23.8. The van der Waals surface area contributed by atoms with Crippen LogP contribution in [-0.4, -0.2) is 56.8 Å². The summed E-state index contributed by atoms with van der Waals surface area (Å²) in [6.45, 7) is 18.8. The van der Waals surface area contributed by atoms with Crippen LogP contribution < -0.4 is 27.2 Å². The molecule has 8 nitrogen and oxygen atoms in total. The first kappa shape index (κ1) is 37.8. The summed E-state index contributed by atoms with van der Waals surface area (Å²) >= 11 is 0. The van der Waals surface area contributed by atoms with Crippen molar-refractivity contribution in [1.29, 1.82) is 0 Å². The summed E-state index contributed by atoms with van der Waals surface area (Å²) in [5, 5.41) is 3.16. The Hall–Kier alpha value is -2.96. The molecule has 4 atom stereocenters. The summed E-state index contributed by atoms with van der Waals surface area (Å²) in [6, 6.07) is 33.1. The molecule has 0 saturated carbocycles. The van der Waals surface area contributed by atoms with Gasteiger partial charge in [-0.25, -0.2) is 0 Å². The van der Waals surface area contributed by atoms with Gasteiger partial charge in [-0.05, 0) is 0 Å². The Balaban J connectivity index is 1.63. The van der Waals surface area contributed by atoms with Gasteiger partial charge in [0.25, 0.3) is 0 Å². The number of aromatic amines is 1. The molecule has 0 radical (unpaired) electrons. The van der Waals surface area contributed by atoms with E-state index in [1.54, 1.807) is 0 Å². The predicted molar refractivity (Wildman–Crippen MR) is 214 cm³/mol. The van der Waals surface area contributed by atoms with Gasteiger partial charge in [-0.2, -0.15) is 0 Å². The Morgan fingerprint density at radius 1 is 0.765 bits per heavy atom. The number of aromatic nitrogens is 2. The summed E-state index contributed by atoms with van der Waals surface area (Å²) in [5.74, 6) is 0. The summed E-state index contributed by atoms with van der Waals surface area (Å²) in [7, 11) is -4.80. The van der Waals surface area contributed by atoms with Gasteiger partial charge < -0.3 is 0 Å². The number of rotatable bonds is 9. The standard InChI is InChI=1S/C40H55N2O6PSi2/c1-38(2,3)50(7,8)45-28-33-40(35(47-51(9,10)39(4,5)6)36(46-33)42-27-26-34(43)41-37(42)44)29-49(48-40,30-20-14-11-15-21-30,31-22-16-12-17-23-31)32-24-18-13-19-25-32/h11-27,33,35-36H,28-29H2,1-10H3,(H,41,43,44)/t33-,35+,36-,40?/m1/s1. The molecule has 6 rings (SSSR count). The van der Waals surface area contributed by atoms with E-state index in [2.05, 4.69) is 146 Å². The van der Waals surface area contributed by atoms with E-state index in [4.69, 9.17) is 18.1 Å². The van der Waals surface area contributed by atoms with Crippen LogP contribution in [0.3, 0.4) is 0 Å². The van der Waals surface area contributed by atoms with Crippen molar-refractivity contribution >= 4 is 39.4 Å². The van der Waals surface area contributed by atoms with E-state index in [0.717, 1.165) is 15.9 Å². The number of nitrogens with zero attached hydrogens (tertiary/aromatic N) is 1. The Labute approximate surface area is 304 Å². The molecule has 3 aromatic carbocycles. The van der Waals surface area contributed by atoms with Crippen LogP contribution in [0.2, 0.25) is 36.3 Å². The first-order valence-corrected chi connectivity index (χ1v) is 26.1. The molecule has 11 heteroatoms. The van der Waals surface area contributed by atoms with Crippen LogP contribution >= 0.6 is 6.83 Å². The summed E-state index contributed by atoms with van der Waals surface area (Å²) < 4.78 is 31.1. The molecule has 1 N–H and O–H groups in total. The molecule has 1 unspecified atom stereocenters. The van der Waals surface area contributed by atoms with Gasteiger partial charge in [0.1, 0.15) is 0 Å². The van der Waals surface area contributed by atoms with Gasteiger partial charge in [-0.3, -0.25) is 0 Å². The Bertz CT molecular complexity index is 1860. The fourth-order valence-corrected chi connectivity index (χ4v) is 16.0. The van der Waals surface area contributed by atoms with Crippen molar-refractivity contribution in [2.45, 2.75) is 102 Å². The molecule has 0 bridgehead atoms. The van der Waals surface area contributed by atoms with Gasteiger partial charge in [0.2, 0.25) is 0 Å². The van der Waals surface area contributed by atoms with Gasteiger partial charge >= 0.3 is 306 Å². The average Bonchev–Trinajstić information content (AvgIpc) is 3.35. The second kappa shape index (κ2) is 12.9. The molecule has 2 aliphatic heterocycles. The molecular weight excluding hydrogens is 692 g/mol. The van der Waals surface area contributed by atoms with E-state index in [0.29, 0.717) is 6.16 Å². The van der Waals surface area contributed by atoms with Crippen molar-refractivity contribution in [2.24, 2.45) is 0 Å². The zero-order valence-electron chi connectivity index (χ0n) is 31.8. The molecule has 0 amide bonds. The number of hydrogen-bond acceptors (Lipinski definition) is 6. The van der Waals surface area contributed by atoms with Crippen molar-refractivity contribution in [3.8, 4) is 0 Å². The van der Waals surface area contributed by atoms with Crippen LogP contribution in [0.1, 0.15) is 47.8 Å². The van der Waals surface area contributed by atoms with Crippen LogP contribution in [-0.2, 0) is 18.1 Å². The van der Waals surface area contributed by atoms with Crippen molar-refractivity contribution < 1.29 is 18.1 Å². The van der Waals surface area contributed by atoms with Crippen molar-refractivity contribution in [3.63, 3.8) is 0 Å². The molecule has 2 fully saturated rings. The topological polar surface area (TPSA) is 91.8 Å². The van der Waals surface area contributed by atoms with Crippen LogP contribution in [0.15, 0.2) is 113 Å². The maximum absolute atomic E-state index is 13.6. The monoisotopic (exact) mass is 746 g/mol. The summed E-state index contributed by atoms with van der Waals surface area (Å²) in [4.78, 5) is 28.3. The minimum absolute atomic E-state index is 0.0388. The zero-order chi connectivity index (χ0) is 37.1. The molecule has 1 aromatic heterocycles. The van der Waals surface area contributed by atoms with Gasteiger partial charge in [-0.15, -0.1) is 0 Å². The third-order valence-electron chi connectivity index (χ3n) is 12.2.